The van der Waals surface area contributed by atoms with Gasteiger partial charge in [0.05, 0.1) is 8.66 Å². The molecule has 0 atom stereocenters. The van der Waals surface area contributed by atoms with Gasteiger partial charge in [0.2, 0.25) is 0 Å². The first kappa shape index (κ1) is 13.2. The Morgan fingerprint density at radius 3 is 2.73 bits per heavy atom. The second-order valence-corrected chi connectivity index (χ2v) is 6.21. The van der Waals surface area contributed by atoms with Gasteiger partial charge in [-0.3, -0.25) is 4.79 Å². The molecule has 1 rings (SSSR count). The summed E-state index contributed by atoms with van der Waals surface area (Å²) < 4.78 is 1.86. The Balaban J connectivity index is 2.40. The van der Waals surface area contributed by atoms with E-state index in [4.69, 9.17) is 5.73 Å². The molecule has 3 N–H and O–H groups in total. The zero-order valence-corrected chi connectivity index (χ0v) is 12.0. The average Bonchev–Trinajstić information content (AvgIpc) is 2.54. The predicted octanol–water partition coefficient (Wildman–Crippen LogP) is 2.74. The standard InChI is InChI=1S/C9H12Br2N2OS/c10-6-5-7(15-8(6)11)9(14)13-4-2-1-3-12/h5H,1-4,12H2,(H,13,14). The molecule has 0 aliphatic rings. The fraction of sp³-hybridized carbons (Fsp3) is 0.444. The van der Waals surface area contributed by atoms with E-state index in [9.17, 15) is 4.79 Å². The summed E-state index contributed by atoms with van der Waals surface area (Å²) in [6.07, 6.45) is 1.87. The molecule has 0 unspecified atom stereocenters. The van der Waals surface area contributed by atoms with Crippen LogP contribution in [0.4, 0.5) is 0 Å². The number of nitrogens with two attached hydrogens (primary N) is 1. The van der Waals surface area contributed by atoms with Crippen molar-refractivity contribution in [3.8, 4) is 0 Å². The van der Waals surface area contributed by atoms with Crippen LogP contribution in [-0.4, -0.2) is 19.0 Å². The maximum Gasteiger partial charge on any atom is 0.261 e. The summed E-state index contributed by atoms with van der Waals surface area (Å²) in [6, 6.07) is 1.81. The molecule has 84 valence electrons. The molecular formula is C9H12Br2N2OS. The minimum Gasteiger partial charge on any atom is -0.351 e. The smallest absolute Gasteiger partial charge is 0.261 e. The summed E-state index contributed by atoms with van der Waals surface area (Å²) in [5, 5.41) is 2.85. The molecule has 1 aromatic rings. The van der Waals surface area contributed by atoms with E-state index in [1.807, 2.05) is 6.07 Å². The third kappa shape index (κ3) is 4.22. The predicted molar refractivity (Wildman–Crippen MR) is 70.3 cm³/mol. The maximum absolute atomic E-state index is 11.6. The van der Waals surface area contributed by atoms with Crippen molar-refractivity contribution < 1.29 is 4.79 Å². The zero-order chi connectivity index (χ0) is 11.3. The molecule has 0 radical (unpaired) electrons. The van der Waals surface area contributed by atoms with E-state index in [2.05, 4.69) is 37.2 Å². The fourth-order valence-electron chi connectivity index (χ4n) is 1.02. The zero-order valence-electron chi connectivity index (χ0n) is 8.06. The van der Waals surface area contributed by atoms with E-state index in [-0.39, 0.29) is 5.91 Å². The summed E-state index contributed by atoms with van der Waals surface area (Å²) in [5.74, 6) is -0.0246. The highest BCUT2D eigenvalue weighted by molar-refractivity contribution is 9.13. The van der Waals surface area contributed by atoms with Crippen LogP contribution in [-0.2, 0) is 0 Å². The van der Waals surface area contributed by atoms with Crippen LogP contribution in [0.3, 0.4) is 0 Å². The molecule has 1 heterocycles. The summed E-state index contributed by atoms with van der Waals surface area (Å²) in [5.41, 5.74) is 5.36. The second kappa shape index (κ2) is 6.62. The van der Waals surface area contributed by atoms with E-state index >= 15 is 0 Å². The van der Waals surface area contributed by atoms with E-state index in [0.717, 1.165) is 21.1 Å². The van der Waals surface area contributed by atoms with Gasteiger partial charge in [-0.05, 0) is 57.3 Å². The number of carbonyl (C=O) groups is 1. The van der Waals surface area contributed by atoms with Crippen molar-refractivity contribution in [2.45, 2.75) is 12.8 Å². The van der Waals surface area contributed by atoms with Crippen molar-refractivity contribution in [3.63, 3.8) is 0 Å². The van der Waals surface area contributed by atoms with Gasteiger partial charge in [0.1, 0.15) is 0 Å². The van der Waals surface area contributed by atoms with Crippen molar-refractivity contribution >= 4 is 49.1 Å². The number of thiophene rings is 1. The largest absolute Gasteiger partial charge is 0.351 e. The van der Waals surface area contributed by atoms with Gasteiger partial charge in [0, 0.05) is 11.0 Å². The molecule has 3 nitrogen and oxygen atoms in total. The van der Waals surface area contributed by atoms with E-state index < -0.39 is 0 Å². The van der Waals surface area contributed by atoms with Crippen LogP contribution < -0.4 is 11.1 Å². The van der Waals surface area contributed by atoms with Crippen molar-refractivity contribution in [1.29, 1.82) is 0 Å². The summed E-state index contributed by atoms with van der Waals surface area (Å²) >= 11 is 8.12. The van der Waals surface area contributed by atoms with Gasteiger partial charge in [0.25, 0.3) is 5.91 Å². The first-order chi connectivity index (χ1) is 7.15. The second-order valence-electron chi connectivity index (χ2n) is 2.98. The Kier molecular flexibility index (Phi) is 5.81. The first-order valence-corrected chi connectivity index (χ1v) is 6.98. The normalized spacial score (nSPS) is 10.3. The van der Waals surface area contributed by atoms with Crippen molar-refractivity contribution in [1.82, 2.24) is 5.32 Å². The van der Waals surface area contributed by atoms with Gasteiger partial charge in [-0.15, -0.1) is 11.3 Å². The number of rotatable bonds is 5. The number of hydrogen-bond acceptors (Lipinski definition) is 3. The lowest BCUT2D eigenvalue weighted by atomic mass is 10.3. The van der Waals surface area contributed by atoms with Gasteiger partial charge >= 0.3 is 0 Å². The molecule has 1 aromatic heterocycles. The summed E-state index contributed by atoms with van der Waals surface area (Å²) in [6.45, 7) is 1.36. The van der Waals surface area contributed by atoms with Crippen molar-refractivity contribution in [2.24, 2.45) is 5.73 Å². The van der Waals surface area contributed by atoms with Crippen LogP contribution in [0.5, 0.6) is 0 Å². The molecule has 0 saturated heterocycles. The van der Waals surface area contributed by atoms with Crippen LogP contribution in [0.25, 0.3) is 0 Å². The number of unbranched alkanes of at least 4 members (excludes halogenated alkanes) is 1. The lowest BCUT2D eigenvalue weighted by molar-refractivity contribution is 0.0957. The molecule has 0 aliphatic carbocycles. The van der Waals surface area contributed by atoms with E-state index in [0.29, 0.717) is 18.0 Å². The molecule has 0 saturated carbocycles. The summed E-state index contributed by atoms with van der Waals surface area (Å²) in [4.78, 5) is 12.3. The molecule has 1 amide bonds. The van der Waals surface area contributed by atoms with Crippen molar-refractivity contribution in [3.05, 3.63) is 19.2 Å². The number of amides is 1. The molecule has 6 heteroatoms. The molecule has 15 heavy (non-hydrogen) atoms. The van der Waals surface area contributed by atoms with Crippen LogP contribution in [0, 0.1) is 0 Å². The molecule has 0 bridgehead atoms. The SMILES string of the molecule is NCCCCNC(=O)c1cc(Br)c(Br)s1. The maximum atomic E-state index is 11.6. The number of halogens is 2. The number of nitrogens with one attached hydrogen (secondary N) is 1. The van der Waals surface area contributed by atoms with Gasteiger partial charge in [-0.25, -0.2) is 0 Å². The number of hydrogen-bond donors (Lipinski definition) is 2. The quantitative estimate of drug-likeness (QED) is 0.798. The highest BCUT2D eigenvalue weighted by Gasteiger charge is 2.10. The Bertz CT molecular complexity index is 321. The third-order valence-electron chi connectivity index (χ3n) is 1.79. The Morgan fingerprint density at radius 2 is 2.20 bits per heavy atom. The Labute approximate surface area is 110 Å². The first-order valence-electron chi connectivity index (χ1n) is 4.58. The average molecular weight is 356 g/mol. The highest BCUT2D eigenvalue weighted by Crippen LogP contribution is 2.32. The molecule has 0 fully saturated rings. The van der Waals surface area contributed by atoms with Gasteiger partial charge in [-0.1, -0.05) is 0 Å². The highest BCUT2D eigenvalue weighted by atomic mass is 79.9. The monoisotopic (exact) mass is 354 g/mol. The number of carbonyl (C=O) groups excluding carboxylic acids is 1. The van der Waals surface area contributed by atoms with E-state index in [1.54, 1.807) is 0 Å². The van der Waals surface area contributed by atoms with Gasteiger partial charge < -0.3 is 11.1 Å². The summed E-state index contributed by atoms with van der Waals surface area (Å²) in [7, 11) is 0. The minimum absolute atomic E-state index is 0.0246. The van der Waals surface area contributed by atoms with Crippen LogP contribution in [0.15, 0.2) is 14.3 Å². The van der Waals surface area contributed by atoms with Crippen LogP contribution in [0.1, 0.15) is 22.5 Å². The van der Waals surface area contributed by atoms with Gasteiger partial charge in [0.15, 0.2) is 0 Å². The minimum atomic E-state index is -0.0246. The molecule has 0 spiro atoms. The van der Waals surface area contributed by atoms with Crippen LogP contribution in [0.2, 0.25) is 0 Å². The topological polar surface area (TPSA) is 55.1 Å². The van der Waals surface area contributed by atoms with Gasteiger partial charge in [-0.2, -0.15) is 0 Å². The third-order valence-corrected chi connectivity index (χ3v) is 5.04. The van der Waals surface area contributed by atoms with Crippen LogP contribution >= 0.6 is 43.2 Å². The Hall–Kier alpha value is 0.0900. The lowest BCUT2D eigenvalue weighted by Crippen LogP contribution is -2.23. The fourth-order valence-corrected chi connectivity index (χ4v) is 2.97. The van der Waals surface area contributed by atoms with E-state index in [1.165, 1.54) is 11.3 Å². The van der Waals surface area contributed by atoms with Crippen molar-refractivity contribution in [2.75, 3.05) is 13.1 Å². The molecular weight excluding hydrogens is 344 g/mol. The molecule has 0 aliphatic heterocycles. The molecule has 0 aromatic carbocycles. The Morgan fingerprint density at radius 1 is 1.47 bits per heavy atom. The lowest BCUT2D eigenvalue weighted by Gasteiger charge is -2.01.